The first kappa shape index (κ1) is 27.2. The maximum atomic E-state index is 13.0. The van der Waals surface area contributed by atoms with Crippen molar-refractivity contribution in [2.24, 2.45) is 5.92 Å². The van der Waals surface area contributed by atoms with Gasteiger partial charge in [-0.1, -0.05) is 11.8 Å². The summed E-state index contributed by atoms with van der Waals surface area (Å²) in [5.41, 5.74) is 1.49. The van der Waals surface area contributed by atoms with E-state index in [1.165, 1.54) is 34.8 Å². The van der Waals surface area contributed by atoms with Gasteiger partial charge in [-0.2, -0.15) is 5.10 Å². The molecule has 0 aromatic carbocycles. The summed E-state index contributed by atoms with van der Waals surface area (Å²) in [4.78, 5) is 61.8. The van der Waals surface area contributed by atoms with Crippen LogP contribution in [0, 0.1) is 5.92 Å². The molecular weight excluding hydrogens is 541 g/mol. The normalized spacial score (nSPS) is 23.9. The number of rotatable bonds is 8. The number of carbonyl (C=O) groups is 4. The monoisotopic (exact) mass is 565 g/mol. The fourth-order valence-electron chi connectivity index (χ4n) is 4.76. The summed E-state index contributed by atoms with van der Waals surface area (Å²) >= 11 is 2.58. The number of hydrogen-bond donors (Lipinski definition) is 3. The van der Waals surface area contributed by atoms with Gasteiger partial charge in [0.05, 0.1) is 17.3 Å². The zero-order valence-corrected chi connectivity index (χ0v) is 21.2. The van der Waals surface area contributed by atoms with Crippen LogP contribution in [-0.4, -0.2) is 124 Å². The van der Waals surface area contributed by atoms with Crippen molar-refractivity contribution >= 4 is 87.8 Å². The number of aliphatic carboxylic acids is 1. The molecule has 1 saturated carbocycles. The van der Waals surface area contributed by atoms with Gasteiger partial charge in [-0.3, -0.25) is 24.4 Å². The fourth-order valence-corrected chi connectivity index (χ4v) is 6.84. The summed E-state index contributed by atoms with van der Waals surface area (Å²) in [6, 6.07) is -0.817. The topological polar surface area (TPSA) is 161 Å². The average molecular weight is 566 g/mol. The zero-order valence-electron chi connectivity index (χ0n) is 19.5. The number of carboxylic acids is 1. The van der Waals surface area contributed by atoms with Crippen molar-refractivity contribution in [2.75, 3.05) is 24.6 Å². The summed E-state index contributed by atoms with van der Waals surface area (Å²) < 4.78 is 0. The zero-order chi connectivity index (χ0) is 25.7. The van der Waals surface area contributed by atoms with Crippen molar-refractivity contribution in [1.29, 1.82) is 0 Å². The Bertz CT molecular complexity index is 1390. The molecule has 3 fully saturated rings. The number of fused-ring (bicyclic) bond motifs is 2. The van der Waals surface area contributed by atoms with Gasteiger partial charge >= 0.3 is 35.5 Å². The number of carboxylic acid groups (broad SMARTS) is 1. The van der Waals surface area contributed by atoms with E-state index in [4.69, 9.17) is 0 Å². The number of β-lactam (4-membered cyclic amide) rings is 1. The van der Waals surface area contributed by atoms with Crippen molar-refractivity contribution in [3.8, 4) is 0 Å². The summed E-state index contributed by atoms with van der Waals surface area (Å²) in [6.45, 7) is 1.40. The van der Waals surface area contributed by atoms with Crippen molar-refractivity contribution < 1.29 is 24.3 Å². The van der Waals surface area contributed by atoms with E-state index in [2.05, 4.69) is 25.5 Å². The van der Waals surface area contributed by atoms with Gasteiger partial charge in [0.2, 0.25) is 11.8 Å². The van der Waals surface area contributed by atoms with Crippen LogP contribution in [0.15, 0.2) is 40.5 Å². The number of carbonyl (C=O) groups excluding carboxylic acids is 3. The molecule has 0 bridgehead atoms. The first-order chi connectivity index (χ1) is 17.9. The molecule has 4 aliphatic rings. The van der Waals surface area contributed by atoms with E-state index >= 15 is 0 Å². The molecule has 1 aliphatic carbocycles. The second kappa shape index (κ2) is 11.0. The van der Waals surface area contributed by atoms with Gasteiger partial charge < -0.3 is 15.3 Å². The Kier molecular flexibility index (Phi) is 7.87. The summed E-state index contributed by atoms with van der Waals surface area (Å²) in [5, 5.41) is 20.1. The van der Waals surface area contributed by atoms with Gasteiger partial charge in [-0.05, 0) is 36.8 Å². The van der Waals surface area contributed by atoms with Crippen LogP contribution in [-0.2, 0) is 19.2 Å². The van der Waals surface area contributed by atoms with Crippen LogP contribution >= 0.6 is 23.5 Å². The number of hydrogen-bond acceptors (Lipinski definition) is 9. The summed E-state index contributed by atoms with van der Waals surface area (Å²) in [6.07, 6.45) is 7.48. The fraction of sp³-hybridized carbons (Fsp3) is 0.435. The Balaban J connectivity index is 0.00000294. The molecule has 2 aromatic heterocycles. The molecule has 0 radical (unpaired) electrons. The number of amides is 3. The molecule has 15 heteroatoms. The van der Waals surface area contributed by atoms with Gasteiger partial charge in [0, 0.05) is 24.4 Å². The number of likely N-dealkylation sites (tertiary alicyclic amines) is 1. The Morgan fingerprint density at radius 2 is 2.11 bits per heavy atom. The second-order valence-corrected chi connectivity index (χ2v) is 11.4. The minimum atomic E-state index is -1.22. The maximum absolute atomic E-state index is 13.0. The number of allylic oxidation sites excluding steroid dienone is 1. The third kappa shape index (κ3) is 5.11. The van der Waals surface area contributed by atoms with Gasteiger partial charge in [0.15, 0.2) is 5.65 Å². The second-order valence-electron chi connectivity index (χ2n) is 9.35. The van der Waals surface area contributed by atoms with Crippen LogP contribution in [0.25, 0.3) is 11.0 Å². The number of aromatic amines is 1. The molecule has 12 nitrogen and oxygen atoms in total. The molecule has 3 amide bonds. The molecule has 2 atom stereocenters. The molecular formula is C23H24N7NaO5S2. The van der Waals surface area contributed by atoms with Gasteiger partial charge in [-0.25, -0.2) is 14.8 Å². The molecule has 2 saturated heterocycles. The van der Waals surface area contributed by atoms with E-state index in [0.29, 0.717) is 51.8 Å². The molecule has 194 valence electrons. The van der Waals surface area contributed by atoms with Crippen molar-refractivity contribution in [3.63, 3.8) is 0 Å². The Labute approximate surface area is 247 Å². The Morgan fingerprint density at radius 3 is 2.87 bits per heavy atom. The van der Waals surface area contributed by atoms with Gasteiger partial charge in [-0.15, -0.1) is 11.8 Å². The molecule has 3 N–H and O–H groups in total. The molecule has 6 rings (SSSR count). The first-order valence-corrected chi connectivity index (χ1v) is 13.9. The number of aromatic nitrogens is 4. The van der Waals surface area contributed by atoms with E-state index in [0.717, 1.165) is 19.4 Å². The SMILES string of the molecule is O=C(CSc1ncnc2[nH]ncc12)N[C@@H]1C(=O)N2C(C(=O)O)=C(/C=C3\CCN(CC4CC4)C3=O)CS[C@H]12.[NaH]. The van der Waals surface area contributed by atoms with E-state index in [1.807, 2.05) is 4.90 Å². The van der Waals surface area contributed by atoms with Gasteiger partial charge in [0.1, 0.15) is 28.5 Å². The average Bonchev–Trinajstić information content (AvgIpc) is 3.46. The standard InChI is InChI=1S/C23H23N7O5S2.Na.H/c31-15(9-36-19-14-6-26-28-18(14)24-10-25-19)27-16-21(33)30-17(23(34)35)13(8-37-22(16)30)5-12-3-4-29(20(12)32)7-11-1-2-11;;/h5-6,10-11,16,22H,1-4,7-9H2,(H,27,31)(H,34,35)(H,24,25,26,28);;/b12-5+;;/t16-,22-;;/m1../s1. The quantitative estimate of drug-likeness (QED) is 0.132. The number of H-pyrrole nitrogens is 1. The van der Waals surface area contributed by atoms with E-state index < -0.39 is 23.3 Å². The van der Waals surface area contributed by atoms with E-state index in [-0.39, 0.29) is 52.8 Å². The number of thioether (sulfide) groups is 2. The molecule has 38 heavy (non-hydrogen) atoms. The van der Waals surface area contributed by atoms with Crippen LogP contribution in [0.4, 0.5) is 0 Å². The van der Waals surface area contributed by atoms with Gasteiger partial charge in [0.25, 0.3) is 5.91 Å². The summed E-state index contributed by atoms with van der Waals surface area (Å²) in [7, 11) is 0. The molecule has 3 aliphatic heterocycles. The number of nitrogens with zero attached hydrogens (tertiary/aromatic N) is 5. The number of nitrogens with one attached hydrogen (secondary N) is 2. The molecule has 2 aromatic rings. The third-order valence-corrected chi connectivity index (χ3v) is 9.11. The van der Waals surface area contributed by atoms with E-state index in [1.54, 1.807) is 12.3 Å². The minimum absolute atomic E-state index is 0. The van der Waals surface area contributed by atoms with Crippen LogP contribution in [0.2, 0.25) is 0 Å². The Morgan fingerprint density at radius 1 is 1.29 bits per heavy atom. The van der Waals surface area contributed by atoms with Crippen LogP contribution < -0.4 is 5.32 Å². The molecule has 5 heterocycles. The molecule has 0 spiro atoms. The molecule has 0 unspecified atom stereocenters. The van der Waals surface area contributed by atoms with Crippen LogP contribution in [0.5, 0.6) is 0 Å². The van der Waals surface area contributed by atoms with Crippen molar-refractivity contribution in [2.45, 2.75) is 35.7 Å². The Hall–Kier alpha value is -2.39. The van der Waals surface area contributed by atoms with Crippen LogP contribution in [0.3, 0.4) is 0 Å². The van der Waals surface area contributed by atoms with Crippen LogP contribution in [0.1, 0.15) is 19.3 Å². The summed E-state index contributed by atoms with van der Waals surface area (Å²) in [5.74, 6) is -1.17. The van der Waals surface area contributed by atoms with Crippen molar-refractivity contribution in [1.82, 2.24) is 35.3 Å². The predicted molar refractivity (Wildman–Crippen MR) is 141 cm³/mol. The predicted octanol–water partition coefficient (Wildman–Crippen LogP) is 0.104. The van der Waals surface area contributed by atoms with E-state index in [9.17, 15) is 24.3 Å². The third-order valence-electron chi connectivity index (χ3n) is 6.81. The van der Waals surface area contributed by atoms with Crippen molar-refractivity contribution in [3.05, 3.63) is 35.4 Å². The first-order valence-electron chi connectivity index (χ1n) is 11.9.